The normalized spacial score (nSPS) is 20.4. The second kappa shape index (κ2) is 11.4. The molecule has 3 heterocycles. The molecule has 9 nitrogen and oxygen atoms in total. The summed E-state index contributed by atoms with van der Waals surface area (Å²) >= 11 is 6.43. The van der Waals surface area contributed by atoms with E-state index in [1.54, 1.807) is 11.0 Å². The third-order valence-corrected chi connectivity index (χ3v) is 7.83. The van der Waals surface area contributed by atoms with E-state index in [2.05, 4.69) is 20.9 Å². The van der Waals surface area contributed by atoms with Crippen molar-refractivity contribution in [2.45, 2.75) is 38.3 Å². The number of hydrogen-bond donors (Lipinski definition) is 3. The number of urea groups is 1. The Morgan fingerprint density at radius 1 is 1.13 bits per heavy atom. The number of piperidine rings is 1. The zero-order chi connectivity index (χ0) is 27.7. The van der Waals surface area contributed by atoms with Gasteiger partial charge in [-0.25, -0.2) is 13.6 Å². The van der Waals surface area contributed by atoms with Gasteiger partial charge in [-0.05, 0) is 48.7 Å². The molecule has 3 aliphatic heterocycles. The quantitative estimate of drug-likeness (QED) is 0.468. The van der Waals surface area contributed by atoms with Crippen LogP contribution in [0, 0.1) is 18.6 Å². The van der Waals surface area contributed by atoms with Gasteiger partial charge in [0.2, 0.25) is 11.8 Å². The monoisotopic (exact) mass is 561 g/mol. The summed E-state index contributed by atoms with van der Waals surface area (Å²) in [5.41, 5.74) is 2.56. The molecule has 0 aromatic heterocycles. The van der Waals surface area contributed by atoms with Crippen molar-refractivity contribution in [3.05, 3.63) is 57.6 Å². The van der Waals surface area contributed by atoms with Crippen LogP contribution in [0.3, 0.4) is 0 Å². The Labute approximate surface area is 229 Å². The number of morpholine rings is 1. The van der Waals surface area contributed by atoms with E-state index in [-0.39, 0.29) is 24.4 Å². The van der Waals surface area contributed by atoms with Crippen molar-refractivity contribution < 1.29 is 27.9 Å². The molecule has 0 aliphatic carbocycles. The Hall–Kier alpha value is -3.28. The molecule has 39 heavy (non-hydrogen) atoms. The number of nitrogens with one attached hydrogen (secondary N) is 3. The lowest BCUT2D eigenvalue weighted by Crippen LogP contribution is -2.60. The van der Waals surface area contributed by atoms with Crippen LogP contribution in [-0.2, 0) is 20.9 Å². The van der Waals surface area contributed by atoms with E-state index < -0.39 is 35.4 Å². The number of carbonyl (C=O) groups excluding carboxylic acids is 3. The standard InChI is InChI=1S/C27H30ClF2N5O4/c1-15-16(12-34-4-6-39-7-5-34)8-17(9-21(15)28)31-27(38)32-18-13-35(14-18)19-10-22(29)25(23(30)11-19)20-2-3-24(36)33-26(20)37/h8-11,18,20H,2-7,12-14H2,1H3,(H2,31,32,38)(H,33,36,37)/t20-/m1/s1. The third-order valence-electron chi connectivity index (χ3n) is 7.44. The SMILES string of the molecule is Cc1c(Cl)cc(NC(=O)NC2CN(c3cc(F)c([C@H]4CCC(=O)NC4=O)c(F)c3)C2)cc1CN1CCOCC1. The van der Waals surface area contributed by atoms with Crippen molar-refractivity contribution in [3.8, 4) is 0 Å². The number of carbonyl (C=O) groups is 3. The van der Waals surface area contributed by atoms with Crippen LogP contribution < -0.4 is 20.9 Å². The second-order valence-corrected chi connectivity index (χ2v) is 10.6. The van der Waals surface area contributed by atoms with Gasteiger partial charge in [0, 0.05) is 61.1 Å². The van der Waals surface area contributed by atoms with Crippen LogP contribution >= 0.6 is 11.6 Å². The van der Waals surface area contributed by atoms with Crippen LogP contribution in [0.1, 0.15) is 35.4 Å². The Bertz CT molecular complexity index is 1270. The highest BCUT2D eigenvalue weighted by molar-refractivity contribution is 6.31. The molecule has 3 aliphatic rings. The minimum atomic E-state index is -1.05. The number of amides is 4. The number of anilines is 2. The Morgan fingerprint density at radius 2 is 1.82 bits per heavy atom. The van der Waals surface area contributed by atoms with E-state index in [4.69, 9.17) is 16.3 Å². The zero-order valence-corrected chi connectivity index (χ0v) is 22.2. The first-order valence-corrected chi connectivity index (χ1v) is 13.3. The highest BCUT2D eigenvalue weighted by Crippen LogP contribution is 2.33. The summed E-state index contributed by atoms with van der Waals surface area (Å²) in [6.45, 7) is 6.43. The average Bonchev–Trinajstić information content (AvgIpc) is 2.85. The van der Waals surface area contributed by atoms with Gasteiger partial charge in [0.25, 0.3) is 0 Å². The highest BCUT2D eigenvalue weighted by atomic mass is 35.5. The largest absolute Gasteiger partial charge is 0.379 e. The topological polar surface area (TPSA) is 103 Å². The molecule has 3 saturated heterocycles. The number of halogens is 3. The van der Waals surface area contributed by atoms with Gasteiger partial charge < -0.3 is 20.3 Å². The average molecular weight is 562 g/mol. The summed E-state index contributed by atoms with van der Waals surface area (Å²) in [7, 11) is 0. The number of nitrogens with zero attached hydrogens (tertiary/aromatic N) is 2. The number of hydrogen-bond acceptors (Lipinski definition) is 6. The number of ether oxygens (including phenoxy) is 1. The summed E-state index contributed by atoms with van der Waals surface area (Å²) in [5, 5.41) is 8.39. The molecule has 208 valence electrons. The van der Waals surface area contributed by atoms with Crippen LogP contribution in [0.25, 0.3) is 0 Å². The van der Waals surface area contributed by atoms with Gasteiger partial charge in [-0.15, -0.1) is 0 Å². The third kappa shape index (κ3) is 6.15. The molecule has 0 unspecified atom stereocenters. The molecule has 0 radical (unpaired) electrons. The van der Waals surface area contributed by atoms with E-state index in [1.165, 1.54) is 12.1 Å². The van der Waals surface area contributed by atoms with E-state index >= 15 is 0 Å². The molecule has 0 saturated carbocycles. The minimum absolute atomic E-state index is 0.0303. The van der Waals surface area contributed by atoms with Gasteiger partial charge >= 0.3 is 6.03 Å². The van der Waals surface area contributed by atoms with Crippen LogP contribution in [0.15, 0.2) is 24.3 Å². The van der Waals surface area contributed by atoms with E-state index in [9.17, 15) is 23.2 Å². The summed E-state index contributed by atoms with van der Waals surface area (Å²) in [5.74, 6) is -3.86. The van der Waals surface area contributed by atoms with Gasteiger partial charge in [0.15, 0.2) is 0 Å². The van der Waals surface area contributed by atoms with Gasteiger partial charge in [-0.1, -0.05) is 11.6 Å². The molecule has 5 rings (SSSR count). The first-order chi connectivity index (χ1) is 18.7. The number of rotatable bonds is 6. The van der Waals surface area contributed by atoms with Crippen molar-refractivity contribution in [2.24, 2.45) is 0 Å². The van der Waals surface area contributed by atoms with Gasteiger partial charge in [0.1, 0.15) is 11.6 Å². The molecule has 0 bridgehead atoms. The minimum Gasteiger partial charge on any atom is -0.379 e. The molecule has 1 atom stereocenters. The highest BCUT2D eigenvalue weighted by Gasteiger charge is 2.34. The fraction of sp³-hybridized carbons (Fsp3) is 0.444. The fourth-order valence-corrected chi connectivity index (χ4v) is 5.40. The van der Waals surface area contributed by atoms with E-state index in [0.29, 0.717) is 49.2 Å². The maximum Gasteiger partial charge on any atom is 0.319 e. The Morgan fingerprint density at radius 3 is 2.49 bits per heavy atom. The van der Waals surface area contributed by atoms with Crippen molar-refractivity contribution in [1.29, 1.82) is 0 Å². The van der Waals surface area contributed by atoms with Gasteiger partial charge in [-0.2, -0.15) is 0 Å². The maximum atomic E-state index is 14.8. The molecule has 4 amide bonds. The van der Waals surface area contributed by atoms with Crippen LogP contribution in [0.4, 0.5) is 25.0 Å². The van der Waals surface area contributed by atoms with Crippen molar-refractivity contribution in [1.82, 2.24) is 15.5 Å². The van der Waals surface area contributed by atoms with Crippen molar-refractivity contribution in [3.63, 3.8) is 0 Å². The Kier molecular flexibility index (Phi) is 8.01. The van der Waals surface area contributed by atoms with Gasteiger partial charge in [0.05, 0.1) is 25.2 Å². The lowest BCUT2D eigenvalue weighted by atomic mass is 9.89. The molecular weight excluding hydrogens is 532 g/mol. The predicted molar refractivity (Wildman–Crippen MR) is 142 cm³/mol. The molecule has 2 aromatic carbocycles. The molecule has 2 aromatic rings. The predicted octanol–water partition coefficient (Wildman–Crippen LogP) is 3.29. The van der Waals surface area contributed by atoms with E-state index in [0.717, 1.165) is 24.2 Å². The molecule has 3 N–H and O–H groups in total. The van der Waals surface area contributed by atoms with Crippen LogP contribution in [0.2, 0.25) is 5.02 Å². The van der Waals surface area contributed by atoms with Crippen molar-refractivity contribution in [2.75, 3.05) is 49.6 Å². The molecule has 0 spiro atoms. The number of benzene rings is 2. The summed E-state index contributed by atoms with van der Waals surface area (Å²) < 4.78 is 35.1. The van der Waals surface area contributed by atoms with Crippen LogP contribution in [0.5, 0.6) is 0 Å². The fourth-order valence-electron chi connectivity index (χ4n) is 5.16. The first kappa shape index (κ1) is 27.3. The summed E-state index contributed by atoms with van der Waals surface area (Å²) in [6, 6.07) is 5.37. The van der Waals surface area contributed by atoms with Crippen molar-refractivity contribution >= 4 is 40.8 Å². The summed E-state index contributed by atoms with van der Waals surface area (Å²) in [6.07, 6.45) is 0.0894. The second-order valence-electron chi connectivity index (χ2n) is 10.2. The lowest BCUT2D eigenvalue weighted by molar-refractivity contribution is -0.134. The summed E-state index contributed by atoms with van der Waals surface area (Å²) in [4.78, 5) is 40.1. The molecule has 12 heteroatoms. The smallest absolute Gasteiger partial charge is 0.319 e. The first-order valence-electron chi connectivity index (χ1n) is 12.9. The lowest BCUT2D eigenvalue weighted by Gasteiger charge is -2.41. The van der Waals surface area contributed by atoms with Crippen LogP contribution in [-0.4, -0.2) is 68.2 Å². The van der Waals surface area contributed by atoms with E-state index in [1.807, 2.05) is 13.0 Å². The Balaban J connectivity index is 1.16. The maximum absolute atomic E-state index is 14.8. The molecule has 3 fully saturated rings. The number of imide groups is 1. The zero-order valence-electron chi connectivity index (χ0n) is 21.5. The van der Waals surface area contributed by atoms with Gasteiger partial charge in [-0.3, -0.25) is 19.8 Å². The molecular formula is C27H30ClF2N5O4.